The van der Waals surface area contributed by atoms with Crippen molar-refractivity contribution in [2.24, 2.45) is 10.2 Å². The zero-order valence-corrected chi connectivity index (χ0v) is 20.4. The van der Waals surface area contributed by atoms with E-state index in [2.05, 4.69) is 30.5 Å². The van der Waals surface area contributed by atoms with Crippen molar-refractivity contribution in [1.82, 2.24) is 15.0 Å². The van der Waals surface area contributed by atoms with Gasteiger partial charge in [-0.15, -0.1) is 10.2 Å². The van der Waals surface area contributed by atoms with Crippen LogP contribution >= 0.6 is 11.6 Å². The summed E-state index contributed by atoms with van der Waals surface area (Å²) in [6, 6.07) is 7.79. The first-order valence-corrected chi connectivity index (χ1v) is 12.9. The van der Waals surface area contributed by atoms with Gasteiger partial charge < -0.3 is 21.3 Å². The van der Waals surface area contributed by atoms with Crippen molar-refractivity contribution in [3.05, 3.63) is 47.7 Å². The molecule has 3 aromatic carbocycles. The van der Waals surface area contributed by atoms with Crippen LogP contribution in [0.5, 0.6) is 11.5 Å². The van der Waals surface area contributed by atoms with Gasteiger partial charge in [-0.05, 0) is 59.5 Å². The van der Waals surface area contributed by atoms with Crippen LogP contribution in [0.25, 0.3) is 10.8 Å². The molecule has 0 saturated carbocycles. The zero-order chi connectivity index (χ0) is 27.1. The van der Waals surface area contributed by atoms with E-state index in [9.17, 15) is 36.2 Å². The van der Waals surface area contributed by atoms with Crippen LogP contribution in [0.15, 0.2) is 62.5 Å². The Hall–Kier alpha value is -4.16. The average Bonchev–Trinajstić information content (AvgIpc) is 2.77. The lowest BCUT2D eigenvalue weighted by Gasteiger charge is -2.11. The number of phenolic OH excluding ortho intramolecular Hbond substituents is 2. The summed E-state index contributed by atoms with van der Waals surface area (Å²) in [6.45, 7) is 0. The van der Waals surface area contributed by atoms with Gasteiger partial charge in [0, 0.05) is 11.1 Å². The van der Waals surface area contributed by atoms with Crippen LogP contribution in [-0.4, -0.2) is 51.1 Å². The summed E-state index contributed by atoms with van der Waals surface area (Å²) in [5.41, 5.74) is 4.66. The van der Waals surface area contributed by atoms with Gasteiger partial charge in [-0.25, -0.2) is 0 Å². The van der Waals surface area contributed by atoms with Crippen molar-refractivity contribution in [2.45, 2.75) is 9.79 Å². The molecule has 4 rings (SSSR count). The molecule has 192 valence electrons. The third-order valence-electron chi connectivity index (χ3n) is 4.71. The monoisotopic (exact) mass is 567 g/mol. The lowest BCUT2D eigenvalue weighted by atomic mass is 10.1. The van der Waals surface area contributed by atoms with E-state index in [-0.39, 0.29) is 28.0 Å². The number of hydrogen-bond donors (Lipinski definition) is 6. The molecular formula is C19H14ClN7O8S2. The zero-order valence-electron chi connectivity index (χ0n) is 18.0. The van der Waals surface area contributed by atoms with Crippen LogP contribution in [0.3, 0.4) is 0 Å². The fraction of sp³-hybridized carbons (Fsp3) is 0. The molecule has 4 aromatic rings. The minimum Gasteiger partial charge on any atom is -0.506 e. The van der Waals surface area contributed by atoms with Gasteiger partial charge >= 0.3 is 0 Å². The Bertz CT molecular complexity index is 1800. The van der Waals surface area contributed by atoms with Gasteiger partial charge in [0.1, 0.15) is 22.0 Å². The second kappa shape index (κ2) is 9.37. The number of nitrogens with two attached hydrogens (primary N) is 1. The minimum atomic E-state index is -4.98. The number of nitrogens with zero attached hydrogens (tertiary/aromatic N) is 5. The Morgan fingerprint density at radius 1 is 0.892 bits per heavy atom. The molecule has 15 nitrogen and oxygen atoms in total. The topological polar surface area (TPSA) is 251 Å². The number of halogens is 1. The van der Waals surface area contributed by atoms with Crippen LogP contribution < -0.4 is 11.1 Å². The van der Waals surface area contributed by atoms with Gasteiger partial charge in [0.2, 0.25) is 17.2 Å². The smallest absolute Gasteiger partial charge is 0.296 e. The van der Waals surface area contributed by atoms with E-state index >= 15 is 0 Å². The summed E-state index contributed by atoms with van der Waals surface area (Å²) in [5, 5.41) is 30.7. The first-order valence-electron chi connectivity index (χ1n) is 9.66. The molecule has 0 aliphatic carbocycles. The average molecular weight is 568 g/mol. The standard InChI is InChI=1S/C19H14ClN7O8S2/c20-17-23-18(21)25-19(24-17)22-9-1-3-11-8(5-9)6-14(37(33,34)35)15(16(11)29)27-26-12-7-10(36(30,31)32)2-4-13(12)28/h1-7,28-29H,(H,30,31,32)(H,33,34,35)(H3,21,22,23,24,25). The maximum atomic E-state index is 12.1. The summed E-state index contributed by atoms with van der Waals surface area (Å²) < 4.78 is 65.8. The second-order valence-corrected chi connectivity index (χ2v) is 10.4. The fourth-order valence-electron chi connectivity index (χ4n) is 3.12. The number of nitrogen functional groups attached to an aromatic ring is 1. The highest BCUT2D eigenvalue weighted by atomic mass is 35.5. The molecule has 0 saturated heterocycles. The third kappa shape index (κ3) is 5.65. The normalized spacial score (nSPS) is 12.3. The molecule has 0 aliphatic heterocycles. The molecule has 1 heterocycles. The lowest BCUT2D eigenvalue weighted by molar-refractivity contribution is 0.471. The van der Waals surface area contributed by atoms with Gasteiger partial charge in [-0.1, -0.05) is 0 Å². The molecule has 0 bridgehead atoms. The van der Waals surface area contributed by atoms with Crippen LogP contribution in [0, 0.1) is 0 Å². The van der Waals surface area contributed by atoms with Crippen LogP contribution in [0.4, 0.5) is 29.0 Å². The van der Waals surface area contributed by atoms with E-state index in [1.54, 1.807) is 0 Å². The Morgan fingerprint density at radius 2 is 1.62 bits per heavy atom. The van der Waals surface area contributed by atoms with Crippen molar-refractivity contribution in [2.75, 3.05) is 11.1 Å². The maximum Gasteiger partial charge on any atom is 0.296 e. The molecule has 7 N–H and O–H groups in total. The third-order valence-corrected chi connectivity index (χ3v) is 6.60. The SMILES string of the molecule is Nc1nc(Cl)nc(Nc2ccc3c(O)c(N=Nc4cc(S(=O)(=O)O)ccc4O)c(S(=O)(=O)O)cc3c2)n1. The number of rotatable bonds is 6. The number of nitrogens with one attached hydrogen (secondary N) is 1. The Morgan fingerprint density at radius 3 is 2.27 bits per heavy atom. The van der Waals surface area contributed by atoms with Gasteiger partial charge in [0.25, 0.3) is 20.2 Å². The molecule has 0 unspecified atom stereocenters. The van der Waals surface area contributed by atoms with Crippen LogP contribution in [0.1, 0.15) is 0 Å². The van der Waals surface area contributed by atoms with E-state index in [1.165, 1.54) is 18.2 Å². The van der Waals surface area contributed by atoms with Crippen molar-refractivity contribution < 1.29 is 36.2 Å². The number of aromatic hydroxyl groups is 2. The molecule has 0 amide bonds. The van der Waals surface area contributed by atoms with Gasteiger partial charge in [-0.3, -0.25) is 9.11 Å². The molecule has 18 heteroatoms. The predicted octanol–water partition coefficient (Wildman–Crippen LogP) is 3.32. The van der Waals surface area contributed by atoms with Crippen molar-refractivity contribution in [3.63, 3.8) is 0 Å². The number of azo groups is 1. The van der Waals surface area contributed by atoms with E-state index in [1.807, 2.05) is 0 Å². The number of benzene rings is 3. The van der Waals surface area contributed by atoms with E-state index in [0.717, 1.165) is 24.3 Å². The maximum absolute atomic E-state index is 12.1. The quantitative estimate of drug-likeness (QED) is 0.144. The van der Waals surface area contributed by atoms with Crippen molar-refractivity contribution >= 4 is 71.6 Å². The summed E-state index contributed by atoms with van der Waals surface area (Å²) in [4.78, 5) is 9.84. The number of fused-ring (bicyclic) bond motifs is 1. The van der Waals surface area contributed by atoms with E-state index < -0.39 is 52.9 Å². The van der Waals surface area contributed by atoms with Crippen LogP contribution in [0.2, 0.25) is 5.28 Å². The summed E-state index contributed by atoms with van der Waals surface area (Å²) in [5.74, 6) is -1.45. The highest BCUT2D eigenvalue weighted by Gasteiger charge is 2.23. The molecule has 0 aliphatic rings. The number of aromatic nitrogens is 3. The van der Waals surface area contributed by atoms with Gasteiger partial charge in [-0.2, -0.15) is 31.8 Å². The highest BCUT2D eigenvalue weighted by Crippen LogP contribution is 2.43. The summed E-state index contributed by atoms with van der Waals surface area (Å²) in [7, 11) is -9.63. The molecule has 0 radical (unpaired) electrons. The largest absolute Gasteiger partial charge is 0.506 e. The number of hydrogen-bond acceptors (Lipinski definition) is 13. The summed E-state index contributed by atoms with van der Waals surface area (Å²) >= 11 is 5.75. The van der Waals surface area contributed by atoms with Gasteiger partial charge in [0.15, 0.2) is 5.75 Å². The molecule has 0 atom stereocenters. The van der Waals surface area contributed by atoms with Gasteiger partial charge in [0.05, 0.1) is 4.90 Å². The fourth-order valence-corrected chi connectivity index (χ4v) is 4.45. The number of anilines is 3. The highest BCUT2D eigenvalue weighted by molar-refractivity contribution is 7.86. The first kappa shape index (κ1) is 25.9. The number of phenols is 2. The summed E-state index contributed by atoms with van der Waals surface area (Å²) in [6.07, 6.45) is 0. The molecule has 0 fully saturated rings. The Labute approximate surface area is 212 Å². The predicted molar refractivity (Wildman–Crippen MR) is 130 cm³/mol. The van der Waals surface area contributed by atoms with Crippen molar-refractivity contribution in [1.29, 1.82) is 0 Å². The van der Waals surface area contributed by atoms with E-state index in [0.29, 0.717) is 5.69 Å². The molecular weight excluding hydrogens is 554 g/mol. The lowest BCUT2D eigenvalue weighted by Crippen LogP contribution is -2.03. The Balaban J connectivity index is 1.83. The minimum absolute atomic E-state index is 0.0200. The molecule has 37 heavy (non-hydrogen) atoms. The van der Waals surface area contributed by atoms with Crippen molar-refractivity contribution in [3.8, 4) is 11.5 Å². The molecule has 1 aromatic heterocycles. The second-order valence-electron chi connectivity index (χ2n) is 7.22. The Kier molecular flexibility index (Phi) is 6.57. The molecule has 0 spiro atoms. The van der Waals surface area contributed by atoms with E-state index in [4.69, 9.17) is 17.3 Å². The van der Waals surface area contributed by atoms with Crippen LogP contribution in [-0.2, 0) is 20.2 Å². The first-order chi connectivity index (χ1) is 17.2.